The van der Waals surface area contributed by atoms with Crippen LogP contribution in [-0.4, -0.2) is 124 Å². The zero-order chi connectivity index (χ0) is 44.6. The number of likely N-dealkylation sites (N-methyl/N-ethyl adjacent to an activating group) is 2. The number of carbonyl (C=O) groups excluding carboxylic acids is 5. The number of benzene rings is 1. The molecule has 3 amide bonds. The van der Waals surface area contributed by atoms with Crippen LogP contribution in [0.4, 0.5) is 0 Å². The standard InChI is InChI=1S/C46H80N4O8Si/c1-14-32(6)43(49(9)46(55)36(30(2)3)28-39(52)42(47-8)31(4)5)40(57-10)29-41(53)50-24-18-22-37(50)44(58-11)33(7)38(51)27-35(26-34-20-16-15-17-21-34)45(54)48-23-19-25-59(12,13)56/h15-17,20-21,30-33,35-37,40,42-44,47,56H,14,18-19,22-29H2,1-13H3,(H,48,54)/t32-,33-,35+,36-,37-,40+,42-,43-,44+/m1/s1. The molecule has 1 aliphatic heterocycles. The maximum atomic E-state index is 14.3. The Labute approximate surface area is 357 Å². The molecule has 9 atom stereocenters. The maximum absolute atomic E-state index is 14.3. The van der Waals surface area contributed by atoms with Gasteiger partial charge in [-0.25, -0.2) is 0 Å². The van der Waals surface area contributed by atoms with E-state index in [1.54, 1.807) is 33.2 Å². The van der Waals surface area contributed by atoms with Gasteiger partial charge in [0.15, 0.2) is 14.1 Å². The van der Waals surface area contributed by atoms with Crippen molar-refractivity contribution in [1.82, 2.24) is 20.4 Å². The summed E-state index contributed by atoms with van der Waals surface area (Å²) in [5.41, 5.74) is 0.963. The molecule has 0 spiro atoms. The first kappa shape index (κ1) is 52.2. The largest absolute Gasteiger partial charge is 0.432 e. The first-order valence-corrected chi connectivity index (χ1v) is 25.3. The molecule has 0 radical (unpaired) electrons. The molecule has 13 heteroatoms. The van der Waals surface area contributed by atoms with Crippen LogP contribution in [-0.2, 0) is 39.9 Å². The summed E-state index contributed by atoms with van der Waals surface area (Å²) in [5.74, 6) is -2.23. The smallest absolute Gasteiger partial charge is 0.226 e. The number of amides is 3. The Morgan fingerprint density at radius 2 is 1.58 bits per heavy atom. The van der Waals surface area contributed by atoms with Crippen LogP contribution in [0.1, 0.15) is 99.0 Å². The second-order valence-electron chi connectivity index (χ2n) is 18.4. The van der Waals surface area contributed by atoms with Crippen LogP contribution >= 0.6 is 0 Å². The normalized spacial score (nSPS) is 18.8. The number of rotatable bonds is 27. The molecule has 1 aromatic carbocycles. The van der Waals surface area contributed by atoms with Gasteiger partial charge < -0.3 is 34.7 Å². The third-order valence-corrected chi connectivity index (χ3v) is 14.2. The Kier molecular flexibility index (Phi) is 22.2. The van der Waals surface area contributed by atoms with Crippen LogP contribution in [0.15, 0.2) is 30.3 Å². The molecule has 0 aromatic heterocycles. The van der Waals surface area contributed by atoms with Crippen LogP contribution in [0.5, 0.6) is 0 Å². The van der Waals surface area contributed by atoms with Crippen LogP contribution < -0.4 is 10.6 Å². The van der Waals surface area contributed by atoms with Crippen LogP contribution in [0.2, 0.25) is 19.1 Å². The van der Waals surface area contributed by atoms with Crippen molar-refractivity contribution in [3.63, 3.8) is 0 Å². The molecule has 1 aromatic rings. The Balaban J connectivity index is 2.28. The summed E-state index contributed by atoms with van der Waals surface area (Å²) in [5, 5.41) is 6.13. The molecule has 1 aliphatic rings. The molecule has 336 valence electrons. The van der Waals surface area contributed by atoms with Crippen LogP contribution in [0.25, 0.3) is 0 Å². The fourth-order valence-corrected chi connectivity index (χ4v) is 9.92. The topological polar surface area (TPSA) is 155 Å². The summed E-state index contributed by atoms with van der Waals surface area (Å²) in [6.07, 6.45) is 2.24. The van der Waals surface area contributed by atoms with Gasteiger partial charge in [0.25, 0.3) is 0 Å². The molecule has 1 fully saturated rings. The molecule has 0 bridgehead atoms. The van der Waals surface area contributed by atoms with Gasteiger partial charge in [0, 0.05) is 65.0 Å². The van der Waals surface area contributed by atoms with Crippen molar-refractivity contribution in [2.75, 3.05) is 41.4 Å². The molecule has 2 rings (SSSR count). The zero-order valence-electron chi connectivity index (χ0n) is 38.7. The molecule has 3 N–H and O–H groups in total. The van der Waals surface area contributed by atoms with Crippen LogP contribution in [0, 0.1) is 35.5 Å². The van der Waals surface area contributed by atoms with Gasteiger partial charge in [-0.2, -0.15) is 0 Å². The lowest BCUT2D eigenvalue weighted by Crippen LogP contribution is -2.54. The Hall–Kier alpha value is -2.97. The summed E-state index contributed by atoms with van der Waals surface area (Å²) >= 11 is 0. The van der Waals surface area contributed by atoms with Crippen molar-refractivity contribution >= 4 is 37.6 Å². The van der Waals surface area contributed by atoms with Gasteiger partial charge in [-0.15, -0.1) is 0 Å². The van der Waals surface area contributed by atoms with Crippen molar-refractivity contribution in [1.29, 1.82) is 0 Å². The second-order valence-corrected chi connectivity index (χ2v) is 22.5. The molecule has 0 saturated carbocycles. The fourth-order valence-electron chi connectivity index (χ4n) is 8.88. The highest BCUT2D eigenvalue weighted by Gasteiger charge is 2.43. The van der Waals surface area contributed by atoms with E-state index in [0.717, 1.165) is 18.4 Å². The van der Waals surface area contributed by atoms with Crippen molar-refractivity contribution < 1.29 is 38.2 Å². The van der Waals surface area contributed by atoms with Crippen LogP contribution in [0.3, 0.4) is 0 Å². The van der Waals surface area contributed by atoms with Crippen molar-refractivity contribution in [2.45, 2.75) is 149 Å². The van der Waals surface area contributed by atoms with Crippen molar-refractivity contribution in [2.24, 2.45) is 35.5 Å². The number of hydrogen-bond donors (Lipinski definition) is 3. The number of nitrogens with one attached hydrogen (secondary N) is 2. The Morgan fingerprint density at radius 3 is 2.10 bits per heavy atom. The lowest BCUT2D eigenvalue weighted by molar-refractivity contribution is -0.149. The molecule has 12 nitrogen and oxygen atoms in total. The summed E-state index contributed by atoms with van der Waals surface area (Å²) in [6, 6.07) is 9.23. The average molecular weight is 845 g/mol. The number of Topliss-reactive ketones (excluding diaryl/α,β-unsaturated/α-hetero) is 2. The van der Waals surface area contributed by atoms with Gasteiger partial charge >= 0.3 is 0 Å². The van der Waals surface area contributed by atoms with E-state index >= 15 is 0 Å². The Morgan fingerprint density at radius 1 is 0.932 bits per heavy atom. The number of hydrogen-bond acceptors (Lipinski definition) is 9. The minimum absolute atomic E-state index is 0.00548. The number of ether oxygens (including phenoxy) is 2. The lowest BCUT2D eigenvalue weighted by Gasteiger charge is -2.41. The van der Waals surface area contributed by atoms with E-state index in [4.69, 9.17) is 9.47 Å². The monoisotopic (exact) mass is 845 g/mol. The third-order valence-electron chi connectivity index (χ3n) is 12.6. The quantitative estimate of drug-likeness (QED) is 0.0726. The number of methoxy groups -OCH3 is 2. The summed E-state index contributed by atoms with van der Waals surface area (Å²) in [6.45, 7) is 18.6. The van der Waals surface area contributed by atoms with E-state index in [1.807, 2.05) is 82.9 Å². The van der Waals surface area contributed by atoms with E-state index in [9.17, 15) is 28.8 Å². The lowest BCUT2D eigenvalue weighted by atomic mass is 9.84. The van der Waals surface area contributed by atoms with Gasteiger partial charge in [0.2, 0.25) is 17.7 Å². The minimum Gasteiger partial charge on any atom is -0.432 e. The summed E-state index contributed by atoms with van der Waals surface area (Å²) in [7, 11) is 4.45. The summed E-state index contributed by atoms with van der Waals surface area (Å²) < 4.78 is 12.1. The van der Waals surface area contributed by atoms with Gasteiger partial charge in [-0.05, 0) is 75.2 Å². The van der Waals surface area contributed by atoms with E-state index in [2.05, 4.69) is 24.5 Å². The number of nitrogens with zero attached hydrogens (tertiary/aromatic N) is 2. The highest BCUT2D eigenvalue weighted by Crippen LogP contribution is 2.32. The SMILES string of the molecule is CC[C@@H](C)[C@H]([C@H](CC(=O)N1CCC[C@@H]1[C@@H](OC)[C@H](C)C(=O)C[C@H](Cc1ccccc1)C(=O)NCCC[Si](C)(C)O)OC)N(C)C(=O)[C@H](CC(=O)[C@H](NC)C(C)C)C(C)C. The minimum atomic E-state index is -2.24. The number of likely N-dealkylation sites (tertiary alicyclic amines) is 1. The molecule has 1 saturated heterocycles. The second kappa shape index (κ2) is 25.1. The van der Waals surface area contributed by atoms with E-state index in [1.165, 1.54) is 0 Å². The average Bonchev–Trinajstić information content (AvgIpc) is 3.67. The predicted octanol–water partition coefficient (Wildman–Crippen LogP) is 5.90. The van der Waals surface area contributed by atoms with Crippen molar-refractivity contribution in [3.8, 4) is 0 Å². The molecule has 1 heterocycles. The predicted molar refractivity (Wildman–Crippen MR) is 237 cm³/mol. The third kappa shape index (κ3) is 15.8. The maximum Gasteiger partial charge on any atom is 0.226 e. The molecule has 0 aliphatic carbocycles. The Bertz CT molecular complexity index is 1470. The van der Waals surface area contributed by atoms with Gasteiger partial charge in [-0.3, -0.25) is 24.0 Å². The van der Waals surface area contributed by atoms with E-state index in [0.29, 0.717) is 38.4 Å². The van der Waals surface area contributed by atoms with E-state index in [-0.39, 0.29) is 78.4 Å². The van der Waals surface area contributed by atoms with Gasteiger partial charge in [0.1, 0.15) is 5.78 Å². The van der Waals surface area contributed by atoms with Crippen molar-refractivity contribution in [3.05, 3.63) is 35.9 Å². The number of ketones is 2. The van der Waals surface area contributed by atoms with Gasteiger partial charge in [-0.1, -0.05) is 85.2 Å². The van der Waals surface area contributed by atoms with E-state index < -0.39 is 44.3 Å². The molecular formula is C46H80N4O8Si. The number of carbonyl (C=O) groups is 5. The molecular weight excluding hydrogens is 765 g/mol. The first-order valence-electron chi connectivity index (χ1n) is 22.1. The highest BCUT2D eigenvalue weighted by molar-refractivity contribution is 6.69. The fraction of sp³-hybridized carbons (Fsp3) is 0.761. The molecule has 59 heavy (non-hydrogen) atoms. The highest BCUT2D eigenvalue weighted by atomic mass is 28.4. The summed E-state index contributed by atoms with van der Waals surface area (Å²) in [4.78, 5) is 83.4. The van der Waals surface area contributed by atoms with Gasteiger partial charge in [0.05, 0.1) is 36.8 Å². The first-order chi connectivity index (χ1) is 27.7. The molecule has 0 unspecified atom stereocenters. The zero-order valence-corrected chi connectivity index (χ0v) is 39.7.